The van der Waals surface area contributed by atoms with E-state index in [1.54, 1.807) is 72.8 Å². The van der Waals surface area contributed by atoms with Crippen LogP contribution < -0.4 is 10.6 Å². The third kappa shape index (κ3) is 9.87. The number of ether oxygens (including phenoxy) is 1. The first-order chi connectivity index (χ1) is 24.0. The molecule has 11 nitrogen and oxygen atoms in total. The number of hydrogen-bond donors (Lipinski definition) is 2. The molecule has 1 aliphatic rings. The minimum Gasteiger partial charge on any atom is -0.444 e. The van der Waals surface area contributed by atoms with Gasteiger partial charge in [0.25, 0.3) is 17.7 Å². The van der Waals surface area contributed by atoms with Gasteiger partial charge in [0.2, 0.25) is 11.8 Å². The molecule has 2 N–H and O–H groups in total. The number of carbonyl (C=O) groups is 6. The van der Waals surface area contributed by atoms with Crippen molar-refractivity contribution in [2.24, 2.45) is 5.92 Å². The first kappa shape index (κ1) is 38.0. The number of halogens is 1. The Morgan fingerprint density at radius 2 is 1.36 bits per heavy atom. The van der Waals surface area contributed by atoms with Crippen molar-refractivity contribution in [3.8, 4) is 0 Å². The van der Waals surface area contributed by atoms with Crippen LogP contribution in [0.1, 0.15) is 71.4 Å². The molecule has 0 radical (unpaired) electrons. The number of fused-ring (bicyclic) bond motifs is 1. The highest BCUT2D eigenvalue weighted by Crippen LogP contribution is 2.24. The van der Waals surface area contributed by atoms with Gasteiger partial charge in [0.1, 0.15) is 18.7 Å². The molecule has 4 rings (SSSR count). The minimum absolute atomic E-state index is 0.0310. The van der Waals surface area contributed by atoms with E-state index in [4.69, 9.17) is 4.74 Å². The summed E-state index contributed by atoms with van der Waals surface area (Å²) < 4.78 is 5.59. The predicted molar refractivity (Wildman–Crippen MR) is 191 cm³/mol. The maximum absolute atomic E-state index is 14.3. The monoisotopic (exact) mass is 746 g/mol. The molecule has 50 heavy (non-hydrogen) atoms. The Hall–Kier alpha value is -4.84. The van der Waals surface area contributed by atoms with Crippen LogP contribution in [-0.4, -0.2) is 75.9 Å². The number of unbranched alkanes of at least 4 members (excludes halogenated alkanes) is 1. The molecule has 3 aromatic carbocycles. The first-order valence-electron chi connectivity index (χ1n) is 16.7. The SMILES string of the molecule is CNC(=O)[C@H](Cc1ccccc1)N(C(=O)OCc1ccccc1)C(=O)[C@H](CC(C)C)NC(=O)C(Br)CCCCN1C(=O)c2ccccc2C1=O. The average molecular weight is 748 g/mol. The number of rotatable bonds is 16. The fraction of sp³-hybridized carbons (Fsp3) is 0.368. The maximum Gasteiger partial charge on any atom is 0.417 e. The number of hydrogen-bond acceptors (Lipinski definition) is 7. The second kappa shape index (κ2) is 18.2. The van der Waals surface area contributed by atoms with E-state index in [1.807, 2.05) is 26.0 Å². The maximum atomic E-state index is 14.3. The van der Waals surface area contributed by atoms with Gasteiger partial charge in [-0.25, -0.2) is 9.69 Å². The third-order valence-electron chi connectivity index (χ3n) is 8.35. The van der Waals surface area contributed by atoms with Gasteiger partial charge < -0.3 is 15.4 Å². The molecule has 6 amide bonds. The molecular formula is C38H43BrN4O7. The summed E-state index contributed by atoms with van der Waals surface area (Å²) in [6.45, 7) is 3.86. The molecular weight excluding hydrogens is 704 g/mol. The Labute approximate surface area is 300 Å². The standard InChI is InChI=1S/C38H43BrN4O7/c1-25(2)22-31(41-33(44)30(39)20-12-13-21-42-35(46)28-18-10-11-19-29(28)36(42)47)37(48)43(38(49)50-24-27-16-8-5-9-17-27)32(34(45)40-3)23-26-14-6-4-7-15-26/h4-11,14-19,25,30-32H,12-13,20-24H2,1-3H3,(H,40,45)(H,41,44)/t30?,31-,32-/m0/s1. The summed E-state index contributed by atoms with van der Waals surface area (Å²) in [5, 5.41) is 5.37. The van der Waals surface area contributed by atoms with Gasteiger partial charge in [0, 0.05) is 20.0 Å². The Morgan fingerprint density at radius 1 is 0.800 bits per heavy atom. The van der Waals surface area contributed by atoms with Gasteiger partial charge in [-0.2, -0.15) is 0 Å². The van der Waals surface area contributed by atoms with Crippen molar-refractivity contribution >= 4 is 51.6 Å². The van der Waals surface area contributed by atoms with E-state index < -0.39 is 40.7 Å². The lowest BCUT2D eigenvalue weighted by Gasteiger charge is -2.32. The Bertz CT molecular complexity index is 1630. The topological polar surface area (TPSA) is 142 Å². The summed E-state index contributed by atoms with van der Waals surface area (Å²) in [6.07, 6.45) is 0.558. The summed E-state index contributed by atoms with van der Waals surface area (Å²) in [7, 11) is 1.43. The van der Waals surface area contributed by atoms with Gasteiger partial charge in [-0.05, 0) is 48.4 Å². The van der Waals surface area contributed by atoms with Gasteiger partial charge in [-0.1, -0.05) is 109 Å². The Kier molecular flexibility index (Phi) is 13.8. The largest absolute Gasteiger partial charge is 0.444 e. The molecule has 1 heterocycles. The normalized spacial score (nSPS) is 14.1. The van der Waals surface area contributed by atoms with Gasteiger partial charge in [-0.15, -0.1) is 0 Å². The van der Waals surface area contributed by atoms with E-state index in [1.165, 1.54) is 11.9 Å². The smallest absolute Gasteiger partial charge is 0.417 e. The van der Waals surface area contributed by atoms with Crippen molar-refractivity contribution in [1.82, 2.24) is 20.4 Å². The second-order valence-corrected chi connectivity index (χ2v) is 13.6. The number of imide groups is 2. The molecule has 0 spiro atoms. The van der Waals surface area contributed by atoms with Crippen molar-refractivity contribution in [2.45, 2.75) is 69.5 Å². The number of amides is 6. The van der Waals surface area contributed by atoms with Gasteiger partial charge in [0.05, 0.1) is 16.0 Å². The number of benzene rings is 3. The highest BCUT2D eigenvalue weighted by atomic mass is 79.9. The molecule has 12 heteroatoms. The van der Waals surface area contributed by atoms with Gasteiger partial charge in [-0.3, -0.25) is 28.9 Å². The van der Waals surface area contributed by atoms with E-state index in [0.717, 1.165) is 10.5 Å². The van der Waals surface area contributed by atoms with E-state index in [-0.39, 0.29) is 43.7 Å². The van der Waals surface area contributed by atoms with Crippen LogP contribution in [0.5, 0.6) is 0 Å². The number of nitrogens with one attached hydrogen (secondary N) is 2. The molecule has 3 aromatic rings. The second-order valence-electron chi connectivity index (χ2n) is 12.5. The fourth-order valence-electron chi connectivity index (χ4n) is 5.75. The predicted octanol–water partition coefficient (Wildman–Crippen LogP) is 5.27. The molecule has 0 saturated heterocycles. The Balaban J connectivity index is 1.46. The van der Waals surface area contributed by atoms with Crippen molar-refractivity contribution in [2.75, 3.05) is 13.6 Å². The third-order valence-corrected chi connectivity index (χ3v) is 9.22. The van der Waals surface area contributed by atoms with Gasteiger partial charge in [0.15, 0.2) is 0 Å². The quantitative estimate of drug-likeness (QED) is 0.116. The van der Waals surface area contributed by atoms with Crippen molar-refractivity contribution in [1.29, 1.82) is 0 Å². The number of nitrogens with zero attached hydrogens (tertiary/aromatic N) is 2. The average Bonchev–Trinajstić information content (AvgIpc) is 3.36. The zero-order valence-electron chi connectivity index (χ0n) is 28.5. The molecule has 0 saturated carbocycles. The van der Waals surface area contributed by atoms with E-state index in [9.17, 15) is 28.8 Å². The summed E-state index contributed by atoms with van der Waals surface area (Å²) in [6, 6.07) is 22.3. The van der Waals surface area contributed by atoms with Crippen LogP contribution in [0.15, 0.2) is 84.9 Å². The molecule has 3 atom stereocenters. The van der Waals surface area contributed by atoms with Gasteiger partial charge >= 0.3 is 6.09 Å². The molecule has 1 aliphatic heterocycles. The fourth-order valence-corrected chi connectivity index (χ4v) is 6.21. The summed E-state index contributed by atoms with van der Waals surface area (Å²) in [4.78, 5) is 81.6. The lowest BCUT2D eigenvalue weighted by molar-refractivity contribution is -0.141. The van der Waals surface area contributed by atoms with Crippen molar-refractivity contribution in [3.05, 3.63) is 107 Å². The zero-order valence-corrected chi connectivity index (χ0v) is 30.1. The van der Waals surface area contributed by atoms with Crippen LogP contribution >= 0.6 is 15.9 Å². The Morgan fingerprint density at radius 3 is 1.92 bits per heavy atom. The zero-order chi connectivity index (χ0) is 36.2. The molecule has 0 fully saturated rings. The first-order valence-corrected chi connectivity index (χ1v) is 17.6. The van der Waals surface area contributed by atoms with E-state index in [2.05, 4.69) is 26.6 Å². The highest BCUT2D eigenvalue weighted by molar-refractivity contribution is 9.10. The van der Waals surface area contributed by atoms with Crippen LogP contribution in [0, 0.1) is 5.92 Å². The van der Waals surface area contributed by atoms with Crippen LogP contribution in [0.25, 0.3) is 0 Å². The highest BCUT2D eigenvalue weighted by Gasteiger charge is 2.40. The molecule has 264 valence electrons. The van der Waals surface area contributed by atoms with Crippen LogP contribution in [-0.2, 0) is 32.1 Å². The lowest BCUT2D eigenvalue weighted by atomic mass is 9.99. The van der Waals surface area contributed by atoms with Crippen molar-refractivity contribution in [3.63, 3.8) is 0 Å². The summed E-state index contributed by atoms with van der Waals surface area (Å²) in [5.41, 5.74) is 2.19. The number of carbonyl (C=O) groups excluding carboxylic acids is 6. The van der Waals surface area contributed by atoms with E-state index in [0.29, 0.717) is 36.0 Å². The lowest BCUT2D eigenvalue weighted by Crippen LogP contribution is -2.59. The molecule has 0 aliphatic carbocycles. The number of alkyl halides is 1. The summed E-state index contributed by atoms with van der Waals surface area (Å²) >= 11 is 3.43. The summed E-state index contributed by atoms with van der Waals surface area (Å²) in [5.74, 6) is -2.52. The van der Waals surface area contributed by atoms with E-state index >= 15 is 0 Å². The van der Waals surface area contributed by atoms with Crippen LogP contribution in [0.3, 0.4) is 0 Å². The molecule has 0 bridgehead atoms. The van der Waals surface area contributed by atoms with Crippen LogP contribution in [0.4, 0.5) is 4.79 Å². The minimum atomic E-state index is -1.26. The van der Waals surface area contributed by atoms with Crippen molar-refractivity contribution < 1.29 is 33.5 Å². The molecule has 1 unspecified atom stereocenters. The van der Waals surface area contributed by atoms with Crippen LogP contribution in [0.2, 0.25) is 0 Å². The molecule has 0 aromatic heterocycles. The number of likely N-dealkylation sites (N-methyl/N-ethyl adjacent to an activating group) is 1.